The van der Waals surface area contributed by atoms with Crippen LogP contribution in [0.1, 0.15) is 15.9 Å². The van der Waals surface area contributed by atoms with Crippen molar-refractivity contribution in [1.82, 2.24) is 4.98 Å². The van der Waals surface area contributed by atoms with Gasteiger partial charge in [-0.3, -0.25) is 4.79 Å². The maximum absolute atomic E-state index is 13.6. The smallest absolute Gasteiger partial charge is 0.257 e. The molecule has 132 valence electrons. The Labute approximate surface area is 160 Å². The van der Waals surface area contributed by atoms with Crippen LogP contribution in [0.5, 0.6) is 0 Å². The Morgan fingerprint density at radius 3 is 2.62 bits per heavy atom. The van der Waals surface area contributed by atoms with E-state index in [4.69, 9.17) is 23.2 Å². The number of carbonyl (C=O) groups excluding carboxylic acids is 1. The maximum atomic E-state index is 13.6. The second-order valence-corrected chi connectivity index (χ2v) is 6.30. The molecule has 7 heteroatoms. The number of pyridine rings is 1. The number of nitrogens with one attached hydrogen (secondary N) is 2. The molecule has 1 heterocycles. The second kappa shape index (κ2) is 8.17. The molecule has 4 nitrogen and oxygen atoms in total. The molecule has 3 aromatic rings. The molecule has 0 saturated carbocycles. The van der Waals surface area contributed by atoms with Gasteiger partial charge < -0.3 is 10.6 Å². The molecule has 0 aliphatic rings. The van der Waals surface area contributed by atoms with Gasteiger partial charge >= 0.3 is 0 Å². The molecule has 0 aliphatic carbocycles. The summed E-state index contributed by atoms with van der Waals surface area (Å²) in [5.41, 5.74) is 1.31. The van der Waals surface area contributed by atoms with Crippen LogP contribution in [0.25, 0.3) is 0 Å². The lowest BCUT2D eigenvalue weighted by Gasteiger charge is -2.09. The first kappa shape index (κ1) is 18.2. The minimum Gasteiger partial charge on any atom is -0.366 e. The Hall–Kier alpha value is -2.63. The molecule has 0 unspecified atom stereocenters. The molecule has 1 aromatic heterocycles. The Balaban J connectivity index is 1.64. The van der Waals surface area contributed by atoms with Gasteiger partial charge in [0.05, 0.1) is 16.3 Å². The molecule has 1 amide bonds. The van der Waals surface area contributed by atoms with Crippen LogP contribution in [-0.4, -0.2) is 10.9 Å². The monoisotopic (exact) mass is 389 g/mol. The highest BCUT2D eigenvalue weighted by Crippen LogP contribution is 2.25. The first-order valence-electron chi connectivity index (χ1n) is 7.72. The minimum absolute atomic E-state index is 0.283. The first-order chi connectivity index (χ1) is 12.5. The lowest BCUT2D eigenvalue weighted by Crippen LogP contribution is -2.13. The van der Waals surface area contributed by atoms with Gasteiger partial charge in [0.15, 0.2) is 0 Å². The number of benzene rings is 2. The van der Waals surface area contributed by atoms with Gasteiger partial charge in [-0.15, -0.1) is 0 Å². The van der Waals surface area contributed by atoms with Crippen LogP contribution in [0.2, 0.25) is 10.0 Å². The average molecular weight is 390 g/mol. The zero-order valence-electron chi connectivity index (χ0n) is 13.5. The Bertz CT molecular complexity index is 932. The molecule has 2 N–H and O–H groups in total. The van der Waals surface area contributed by atoms with E-state index in [-0.39, 0.29) is 11.7 Å². The van der Waals surface area contributed by atoms with E-state index in [0.717, 1.165) is 0 Å². The number of nitrogens with zero attached hydrogens (tertiary/aromatic N) is 1. The minimum atomic E-state index is -0.359. The number of halogens is 3. The number of hydrogen-bond acceptors (Lipinski definition) is 3. The van der Waals surface area contributed by atoms with Crippen LogP contribution in [-0.2, 0) is 6.54 Å². The third-order valence-electron chi connectivity index (χ3n) is 3.62. The predicted molar refractivity (Wildman–Crippen MR) is 102 cm³/mol. The van der Waals surface area contributed by atoms with Gasteiger partial charge in [0, 0.05) is 23.3 Å². The fraction of sp³-hybridized carbons (Fsp3) is 0.0526. The lowest BCUT2D eigenvalue weighted by molar-refractivity contribution is 0.102. The molecule has 0 aliphatic heterocycles. The molecule has 0 fully saturated rings. The summed E-state index contributed by atoms with van der Waals surface area (Å²) in [6.07, 6.45) is 1.43. The zero-order valence-corrected chi connectivity index (χ0v) is 15.0. The van der Waals surface area contributed by atoms with Crippen LogP contribution in [0.3, 0.4) is 0 Å². The van der Waals surface area contributed by atoms with Crippen molar-refractivity contribution in [3.63, 3.8) is 0 Å². The van der Waals surface area contributed by atoms with Crippen molar-refractivity contribution in [2.24, 2.45) is 0 Å². The summed E-state index contributed by atoms with van der Waals surface area (Å²) >= 11 is 11.9. The van der Waals surface area contributed by atoms with Gasteiger partial charge in [0.1, 0.15) is 11.6 Å². The van der Waals surface area contributed by atoms with E-state index < -0.39 is 0 Å². The van der Waals surface area contributed by atoms with Crippen molar-refractivity contribution >= 4 is 40.6 Å². The molecule has 3 rings (SSSR count). The van der Waals surface area contributed by atoms with Gasteiger partial charge in [-0.2, -0.15) is 0 Å². The maximum Gasteiger partial charge on any atom is 0.257 e. The lowest BCUT2D eigenvalue weighted by atomic mass is 10.2. The predicted octanol–water partition coefficient (Wildman–Crippen LogP) is 5.39. The number of aromatic nitrogens is 1. The van der Waals surface area contributed by atoms with Gasteiger partial charge in [-0.05, 0) is 36.4 Å². The van der Waals surface area contributed by atoms with E-state index in [1.807, 2.05) is 0 Å². The largest absolute Gasteiger partial charge is 0.366 e. The molecule has 26 heavy (non-hydrogen) atoms. The summed E-state index contributed by atoms with van der Waals surface area (Å²) in [4.78, 5) is 16.5. The van der Waals surface area contributed by atoms with Crippen molar-refractivity contribution < 1.29 is 9.18 Å². The molecule has 0 spiro atoms. The fourth-order valence-corrected chi connectivity index (χ4v) is 2.58. The van der Waals surface area contributed by atoms with Crippen LogP contribution >= 0.6 is 23.2 Å². The van der Waals surface area contributed by atoms with E-state index >= 15 is 0 Å². The van der Waals surface area contributed by atoms with E-state index in [1.54, 1.807) is 48.5 Å². The Morgan fingerprint density at radius 1 is 1.08 bits per heavy atom. The summed E-state index contributed by atoms with van der Waals surface area (Å²) in [5, 5.41) is 6.56. The van der Waals surface area contributed by atoms with Crippen molar-refractivity contribution in [3.8, 4) is 0 Å². The number of hydrogen-bond donors (Lipinski definition) is 2. The SMILES string of the molecule is O=C(Nc1cc(Cl)ccc1Cl)c1ccc(NCc2ccccc2F)nc1. The van der Waals surface area contributed by atoms with Gasteiger partial charge in [-0.25, -0.2) is 9.37 Å². The van der Waals surface area contributed by atoms with Crippen LogP contribution in [0.15, 0.2) is 60.8 Å². The van der Waals surface area contributed by atoms with Crippen molar-refractivity contribution in [1.29, 1.82) is 0 Å². The van der Waals surface area contributed by atoms with E-state index in [9.17, 15) is 9.18 Å². The summed E-state index contributed by atoms with van der Waals surface area (Å²) in [7, 11) is 0. The van der Waals surface area contributed by atoms with Crippen LogP contribution in [0.4, 0.5) is 15.9 Å². The quantitative estimate of drug-likeness (QED) is 0.614. The number of carbonyl (C=O) groups is 1. The third-order valence-corrected chi connectivity index (χ3v) is 4.18. The first-order valence-corrected chi connectivity index (χ1v) is 8.48. The Kier molecular flexibility index (Phi) is 5.71. The molecular weight excluding hydrogens is 376 g/mol. The van der Waals surface area contributed by atoms with Crippen molar-refractivity contribution in [2.75, 3.05) is 10.6 Å². The average Bonchev–Trinajstić information content (AvgIpc) is 2.64. The molecule has 0 atom stereocenters. The van der Waals surface area contributed by atoms with Gasteiger partial charge in [0.2, 0.25) is 0 Å². The Morgan fingerprint density at radius 2 is 1.88 bits per heavy atom. The number of rotatable bonds is 5. The summed E-state index contributed by atoms with van der Waals surface area (Å²) < 4.78 is 13.6. The van der Waals surface area contributed by atoms with E-state index in [2.05, 4.69) is 15.6 Å². The zero-order chi connectivity index (χ0) is 18.5. The van der Waals surface area contributed by atoms with E-state index in [0.29, 0.717) is 39.2 Å². The second-order valence-electron chi connectivity index (χ2n) is 5.46. The standard InChI is InChI=1S/C19H14Cl2FN3O/c20-14-6-7-15(21)17(9-14)25-19(26)13-5-8-18(24-11-13)23-10-12-3-1-2-4-16(12)22/h1-9,11H,10H2,(H,23,24)(H,25,26). The highest BCUT2D eigenvalue weighted by Gasteiger charge is 2.10. The molecule has 0 saturated heterocycles. The number of amides is 1. The summed E-state index contributed by atoms with van der Waals surface area (Å²) in [6, 6.07) is 14.6. The topological polar surface area (TPSA) is 54.0 Å². The van der Waals surface area contributed by atoms with Gasteiger partial charge in [-0.1, -0.05) is 41.4 Å². The normalized spacial score (nSPS) is 10.4. The van der Waals surface area contributed by atoms with Crippen LogP contribution in [0, 0.1) is 5.82 Å². The fourth-order valence-electron chi connectivity index (χ4n) is 2.25. The highest BCUT2D eigenvalue weighted by atomic mass is 35.5. The van der Waals surface area contributed by atoms with Crippen molar-refractivity contribution in [3.05, 3.63) is 87.8 Å². The summed E-state index contributed by atoms with van der Waals surface area (Å²) in [5.74, 6) is -0.109. The van der Waals surface area contributed by atoms with Gasteiger partial charge in [0.25, 0.3) is 5.91 Å². The van der Waals surface area contributed by atoms with Crippen molar-refractivity contribution in [2.45, 2.75) is 6.54 Å². The molecular formula is C19H14Cl2FN3O. The third kappa shape index (κ3) is 4.50. The molecule has 0 bridgehead atoms. The highest BCUT2D eigenvalue weighted by molar-refractivity contribution is 6.35. The molecule has 0 radical (unpaired) electrons. The summed E-state index contributed by atoms with van der Waals surface area (Å²) in [6.45, 7) is 0.295. The molecule has 2 aromatic carbocycles. The van der Waals surface area contributed by atoms with Crippen LogP contribution < -0.4 is 10.6 Å². The van der Waals surface area contributed by atoms with E-state index in [1.165, 1.54) is 12.3 Å². The number of anilines is 2.